The quantitative estimate of drug-likeness (QED) is 0.758. The van der Waals surface area contributed by atoms with Gasteiger partial charge in [-0.05, 0) is 19.9 Å². The van der Waals surface area contributed by atoms with Crippen LogP contribution in [0.25, 0.3) is 5.78 Å². The second kappa shape index (κ2) is 3.22. The molecule has 7 nitrogen and oxygen atoms in total. The van der Waals surface area contributed by atoms with Crippen molar-refractivity contribution in [2.75, 3.05) is 0 Å². The van der Waals surface area contributed by atoms with Crippen molar-refractivity contribution in [3.05, 3.63) is 24.3 Å². The summed E-state index contributed by atoms with van der Waals surface area (Å²) in [5.74, 6) is 0.294. The van der Waals surface area contributed by atoms with Gasteiger partial charge in [0.05, 0.1) is 0 Å². The zero-order valence-corrected chi connectivity index (χ0v) is 9.51. The first kappa shape index (κ1) is 11.0. The molecule has 0 aliphatic rings. The van der Waals surface area contributed by atoms with Gasteiger partial charge in [0.1, 0.15) is 0 Å². The van der Waals surface area contributed by atoms with E-state index in [9.17, 15) is 8.42 Å². The molecule has 0 atom stereocenters. The van der Waals surface area contributed by atoms with Crippen LogP contribution in [0.2, 0.25) is 0 Å². The molecule has 86 valence electrons. The summed E-state index contributed by atoms with van der Waals surface area (Å²) in [5, 5.41) is 3.95. The summed E-state index contributed by atoms with van der Waals surface area (Å²) in [6, 6.07) is 1.64. The minimum Gasteiger partial charge on any atom is -0.285 e. The van der Waals surface area contributed by atoms with Crippen molar-refractivity contribution in [3.8, 4) is 0 Å². The SMILES string of the molecule is CC(C)(c1nc2ncccn2n1)S(=O)(=O)O. The Hall–Kier alpha value is -1.54. The Labute approximate surface area is 91.9 Å². The van der Waals surface area contributed by atoms with E-state index < -0.39 is 14.9 Å². The van der Waals surface area contributed by atoms with E-state index in [1.54, 1.807) is 12.3 Å². The summed E-state index contributed by atoms with van der Waals surface area (Å²) >= 11 is 0. The van der Waals surface area contributed by atoms with Crippen molar-refractivity contribution < 1.29 is 13.0 Å². The molecule has 0 aliphatic carbocycles. The molecule has 0 bridgehead atoms. The Morgan fingerprint density at radius 3 is 2.69 bits per heavy atom. The van der Waals surface area contributed by atoms with E-state index in [2.05, 4.69) is 15.1 Å². The molecule has 16 heavy (non-hydrogen) atoms. The van der Waals surface area contributed by atoms with Crippen molar-refractivity contribution in [1.29, 1.82) is 0 Å². The van der Waals surface area contributed by atoms with Crippen LogP contribution in [0, 0.1) is 0 Å². The molecule has 1 N–H and O–H groups in total. The number of hydrogen-bond acceptors (Lipinski definition) is 5. The molecule has 0 unspecified atom stereocenters. The maximum absolute atomic E-state index is 11.2. The normalized spacial score (nSPS) is 13.2. The summed E-state index contributed by atoms with van der Waals surface area (Å²) in [4.78, 5) is 7.86. The van der Waals surface area contributed by atoms with Crippen LogP contribution in [0.15, 0.2) is 18.5 Å². The molecule has 0 fully saturated rings. The zero-order valence-electron chi connectivity index (χ0n) is 8.69. The third kappa shape index (κ3) is 1.55. The number of fused-ring (bicyclic) bond motifs is 1. The first-order valence-electron chi connectivity index (χ1n) is 4.47. The molecular formula is C8H10N4O3S. The number of hydrogen-bond donors (Lipinski definition) is 1. The van der Waals surface area contributed by atoms with Crippen LogP contribution in [0.4, 0.5) is 0 Å². The third-order valence-electron chi connectivity index (χ3n) is 2.30. The topological polar surface area (TPSA) is 97.5 Å². The Morgan fingerprint density at radius 2 is 2.12 bits per heavy atom. The Balaban J connectivity index is 2.65. The van der Waals surface area contributed by atoms with Crippen LogP contribution in [0.1, 0.15) is 19.7 Å². The maximum atomic E-state index is 11.2. The van der Waals surface area contributed by atoms with Gasteiger partial charge in [-0.3, -0.25) is 4.55 Å². The van der Waals surface area contributed by atoms with Gasteiger partial charge in [0.2, 0.25) is 0 Å². The van der Waals surface area contributed by atoms with Crippen LogP contribution in [0.3, 0.4) is 0 Å². The molecule has 0 radical (unpaired) electrons. The Bertz CT molecular complexity index is 599. The molecule has 2 rings (SSSR count). The highest BCUT2D eigenvalue weighted by atomic mass is 32.2. The largest absolute Gasteiger partial charge is 0.285 e. The van der Waals surface area contributed by atoms with Crippen LogP contribution < -0.4 is 0 Å². The summed E-state index contributed by atoms with van der Waals surface area (Å²) in [5.41, 5.74) is 0. The molecular weight excluding hydrogens is 232 g/mol. The lowest BCUT2D eigenvalue weighted by Gasteiger charge is -2.15. The van der Waals surface area contributed by atoms with Gasteiger partial charge < -0.3 is 0 Å². The van der Waals surface area contributed by atoms with E-state index in [-0.39, 0.29) is 11.6 Å². The van der Waals surface area contributed by atoms with Crippen LogP contribution >= 0.6 is 0 Å². The molecule has 0 aromatic carbocycles. The molecule has 2 aromatic rings. The summed E-state index contributed by atoms with van der Waals surface area (Å²) in [6.45, 7) is 2.66. The van der Waals surface area contributed by atoms with Crippen molar-refractivity contribution in [2.24, 2.45) is 0 Å². The van der Waals surface area contributed by atoms with Gasteiger partial charge in [-0.25, -0.2) is 9.50 Å². The Morgan fingerprint density at radius 1 is 1.44 bits per heavy atom. The van der Waals surface area contributed by atoms with Gasteiger partial charge in [0.25, 0.3) is 15.9 Å². The van der Waals surface area contributed by atoms with E-state index in [0.717, 1.165) is 0 Å². The highest BCUT2D eigenvalue weighted by Gasteiger charge is 2.39. The molecule has 2 heterocycles. The summed E-state index contributed by atoms with van der Waals surface area (Å²) in [7, 11) is -4.27. The van der Waals surface area contributed by atoms with Crippen molar-refractivity contribution in [1.82, 2.24) is 19.6 Å². The van der Waals surface area contributed by atoms with Gasteiger partial charge in [0.15, 0.2) is 10.6 Å². The molecule has 0 aliphatic heterocycles. The number of nitrogens with zero attached hydrogens (tertiary/aromatic N) is 4. The average Bonchev–Trinajstić information content (AvgIpc) is 2.59. The van der Waals surface area contributed by atoms with Gasteiger partial charge in [-0.1, -0.05) is 0 Å². The van der Waals surface area contributed by atoms with Gasteiger partial charge in [-0.2, -0.15) is 13.4 Å². The molecule has 0 spiro atoms. The first-order chi connectivity index (χ1) is 7.32. The number of rotatable bonds is 2. The van der Waals surface area contributed by atoms with Gasteiger partial charge >= 0.3 is 0 Å². The highest BCUT2D eigenvalue weighted by Crippen LogP contribution is 2.25. The predicted molar refractivity (Wildman–Crippen MR) is 55.4 cm³/mol. The fourth-order valence-electron chi connectivity index (χ4n) is 1.10. The number of aromatic nitrogens is 4. The van der Waals surface area contributed by atoms with E-state index in [4.69, 9.17) is 4.55 Å². The molecule has 0 saturated heterocycles. The van der Waals surface area contributed by atoms with Crippen LogP contribution in [0.5, 0.6) is 0 Å². The predicted octanol–water partition coefficient (Wildman–Crippen LogP) is 0.247. The highest BCUT2D eigenvalue weighted by molar-refractivity contribution is 7.86. The molecule has 0 saturated carbocycles. The van der Waals surface area contributed by atoms with Crippen molar-refractivity contribution in [3.63, 3.8) is 0 Å². The minimum absolute atomic E-state index is 0.00806. The third-order valence-corrected chi connectivity index (χ3v) is 3.77. The Kier molecular flexibility index (Phi) is 2.21. The molecule has 0 amide bonds. The lowest BCUT2D eigenvalue weighted by molar-refractivity contribution is 0.439. The summed E-state index contributed by atoms with van der Waals surface area (Å²) < 4.78 is 31.2. The average molecular weight is 242 g/mol. The lowest BCUT2D eigenvalue weighted by atomic mass is 10.2. The monoisotopic (exact) mass is 242 g/mol. The summed E-state index contributed by atoms with van der Waals surface area (Å²) in [6.07, 6.45) is 3.12. The van der Waals surface area contributed by atoms with Gasteiger partial charge in [-0.15, -0.1) is 5.10 Å². The second-order valence-corrected chi connectivity index (χ2v) is 5.76. The lowest BCUT2D eigenvalue weighted by Crippen LogP contribution is -2.30. The van der Waals surface area contributed by atoms with E-state index in [1.165, 1.54) is 24.6 Å². The van der Waals surface area contributed by atoms with E-state index >= 15 is 0 Å². The van der Waals surface area contributed by atoms with Crippen LogP contribution in [-0.4, -0.2) is 32.6 Å². The fraction of sp³-hybridized carbons (Fsp3) is 0.375. The fourth-order valence-corrected chi connectivity index (χ4v) is 1.42. The van der Waals surface area contributed by atoms with Crippen LogP contribution in [-0.2, 0) is 14.9 Å². The standard InChI is InChI=1S/C8H10N4O3S/c1-8(2,16(13,14)15)6-10-7-9-4-3-5-12(7)11-6/h3-5H,1-2H3,(H,13,14,15). The smallest absolute Gasteiger partial charge is 0.277 e. The van der Waals surface area contributed by atoms with Crippen molar-refractivity contribution >= 4 is 15.9 Å². The molecule has 2 aromatic heterocycles. The van der Waals surface area contributed by atoms with Gasteiger partial charge in [0, 0.05) is 12.4 Å². The second-order valence-electron chi connectivity index (χ2n) is 3.79. The zero-order chi connectivity index (χ0) is 12.0. The van der Waals surface area contributed by atoms with E-state index in [0.29, 0.717) is 0 Å². The maximum Gasteiger partial charge on any atom is 0.277 e. The first-order valence-corrected chi connectivity index (χ1v) is 5.91. The van der Waals surface area contributed by atoms with E-state index in [1.807, 2.05) is 0 Å². The minimum atomic E-state index is -4.27. The molecule has 8 heteroatoms. The van der Waals surface area contributed by atoms with Crippen molar-refractivity contribution in [2.45, 2.75) is 18.6 Å².